The van der Waals surface area contributed by atoms with Crippen LogP contribution >= 0.6 is 0 Å². The van der Waals surface area contributed by atoms with E-state index in [2.05, 4.69) is 33.8 Å². The fourth-order valence-electron chi connectivity index (χ4n) is 13.8. The highest BCUT2D eigenvalue weighted by Crippen LogP contribution is 2.72. The van der Waals surface area contributed by atoms with Crippen molar-refractivity contribution < 1.29 is 83.9 Å². The zero-order valence-corrected chi connectivity index (χ0v) is 36.0. The Morgan fingerprint density at radius 3 is 2.08 bits per heavy atom. The molecule has 5 aliphatic heterocycles. The van der Waals surface area contributed by atoms with Gasteiger partial charge in [-0.3, -0.25) is 0 Å². The number of fused-ring (bicyclic) bond motifs is 7. The van der Waals surface area contributed by atoms with Crippen LogP contribution in [0.2, 0.25) is 0 Å². The summed E-state index contributed by atoms with van der Waals surface area (Å²) in [7, 11) is 0. The second kappa shape index (κ2) is 16.4. The first-order valence-corrected chi connectivity index (χ1v) is 22.9. The summed E-state index contributed by atoms with van der Waals surface area (Å²) in [6.45, 7) is 9.89. The van der Waals surface area contributed by atoms with Crippen LogP contribution in [0.15, 0.2) is 11.6 Å². The maximum atomic E-state index is 12.8. The van der Waals surface area contributed by atoms with Gasteiger partial charge in [0.05, 0.1) is 38.1 Å². The Bertz CT molecular complexity index is 1610. The minimum Gasteiger partial charge on any atom is -0.394 e. The average Bonchev–Trinajstić information content (AvgIpc) is 3.74. The summed E-state index contributed by atoms with van der Waals surface area (Å²) in [5.41, 5.74) is -0.100. The smallest absolute Gasteiger partial charge is 0.187 e. The highest BCUT2D eigenvalue weighted by Gasteiger charge is 2.76. The first kappa shape index (κ1) is 45.2. The lowest BCUT2D eigenvalue weighted by Crippen LogP contribution is -2.65. The Hall–Kier alpha value is -0.940. The predicted octanol–water partition coefficient (Wildman–Crippen LogP) is -0.0319. The van der Waals surface area contributed by atoms with Crippen molar-refractivity contribution in [2.75, 3.05) is 19.8 Å². The first-order valence-electron chi connectivity index (χ1n) is 22.9. The largest absolute Gasteiger partial charge is 0.394 e. The van der Waals surface area contributed by atoms with E-state index in [1.807, 2.05) is 0 Å². The van der Waals surface area contributed by atoms with Crippen molar-refractivity contribution in [3.63, 3.8) is 0 Å². The molecule has 61 heavy (non-hydrogen) atoms. The second-order valence-corrected chi connectivity index (χ2v) is 20.7. The molecule has 25 atom stereocenters. The number of hydrogen-bond donors (Lipinski definition) is 9. The van der Waals surface area contributed by atoms with Crippen LogP contribution in [0, 0.1) is 40.4 Å². The van der Waals surface area contributed by atoms with Gasteiger partial charge in [-0.15, -0.1) is 0 Å². The molecule has 1 spiro atoms. The molecular formula is C44H70O17. The SMILES string of the molecule is CC1CC[C@@]2(OC1)O[C@H]1CC3C4CC=C5C[C@@H](O[C@@H]6O[C@H](CO)[C@@H](O[C@@H]7O[C@@H](CO)[C@H](O)[C@H]7O)[C@H](O)[C@H]6O[C@@H]6O[C@@H](C)[C@H](O)[C@@H](O)[C@H]6O)CC[C@]5(C)C4CC[C@]3(C)[C@@]1(O)[C@@H]2C. The van der Waals surface area contributed by atoms with Crippen molar-refractivity contribution in [1.82, 2.24) is 0 Å². The molecule has 348 valence electrons. The van der Waals surface area contributed by atoms with Crippen LogP contribution in [0.1, 0.15) is 92.4 Å². The van der Waals surface area contributed by atoms with E-state index < -0.39 is 117 Å². The summed E-state index contributed by atoms with van der Waals surface area (Å²) in [6, 6.07) is 0. The van der Waals surface area contributed by atoms with Crippen molar-refractivity contribution in [3.05, 3.63) is 11.6 Å². The molecule has 8 fully saturated rings. The highest BCUT2D eigenvalue weighted by molar-refractivity contribution is 5.29. The molecule has 0 aromatic carbocycles. The third kappa shape index (κ3) is 6.97. The molecule has 0 aromatic rings. The van der Waals surface area contributed by atoms with Gasteiger partial charge >= 0.3 is 0 Å². The number of rotatable bonds is 8. The van der Waals surface area contributed by atoms with Crippen LogP contribution in [-0.2, 0) is 37.9 Å². The standard InChI is InChI=1S/C44H70O17/c1-19-8-13-43(54-18-19)21(3)44(53)29(61-43)15-26-24-7-6-22-14-23(9-11-41(22,4)25(24)10-12-42(26,44)5)56-40-37(60-38-34(51)32(49)30(47)20(2)55-38)35(52)36(28(17-46)58-40)59-39-33(50)31(48)27(16-45)57-39/h6,19-21,23-40,45-53H,7-18H2,1-5H3/t19?,20-,21+,23-,24?,25?,26?,27-,28+,29-,30-,31-,32+,33+,34+,35-,36+,37+,38-,39-,40+,41-,42-,43+,44+/m0/s1. The Morgan fingerprint density at radius 2 is 1.39 bits per heavy atom. The molecule has 5 saturated heterocycles. The molecule has 3 saturated carbocycles. The lowest BCUT2D eigenvalue weighted by atomic mass is 9.46. The van der Waals surface area contributed by atoms with E-state index in [0.717, 1.165) is 44.9 Å². The Balaban J connectivity index is 0.922. The van der Waals surface area contributed by atoms with Gasteiger partial charge < -0.3 is 83.9 Å². The molecule has 0 bridgehead atoms. The monoisotopic (exact) mass is 870 g/mol. The van der Waals surface area contributed by atoms with Crippen molar-refractivity contribution in [2.24, 2.45) is 40.4 Å². The number of aliphatic hydroxyl groups is 9. The fraction of sp³-hybridized carbons (Fsp3) is 0.955. The molecule has 17 heteroatoms. The highest BCUT2D eigenvalue weighted by atomic mass is 16.8. The quantitative estimate of drug-likeness (QED) is 0.145. The Morgan fingerprint density at radius 1 is 0.705 bits per heavy atom. The van der Waals surface area contributed by atoms with Gasteiger partial charge in [0.25, 0.3) is 0 Å². The molecule has 5 heterocycles. The third-order valence-corrected chi connectivity index (χ3v) is 17.6. The van der Waals surface area contributed by atoms with Crippen LogP contribution in [0.25, 0.3) is 0 Å². The predicted molar refractivity (Wildman–Crippen MR) is 210 cm³/mol. The van der Waals surface area contributed by atoms with E-state index >= 15 is 0 Å². The van der Waals surface area contributed by atoms with Crippen LogP contribution in [-0.4, -0.2) is 175 Å². The van der Waals surface area contributed by atoms with E-state index in [9.17, 15) is 46.0 Å². The lowest BCUT2D eigenvalue weighted by molar-refractivity contribution is -0.380. The van der Waals surface area contributed by atoms with E-state index in [4.69, 9.17) is 37.9 Å². The van der Waals surface area contributed by atoms with Crippen molar-refractivity contribution in [1.29, 1.82) is 0 Å². The maximum absolute atomic E-state index is 12.8. The van der Waals surface area contributed by atoms with Gasteiger partial charge in [0.2, 0.25) is 0 Å². The van der Waals surface area contributed by atoms with E-state index in [1.54, 1.807) is 0 Å². The minimum atomic E-state index is -1.72. The summed E-state index contributed by atoms with van der Waals surface area (Å²) < 4.78 is 49.5. The molecule has 9 N–H and O–H groups in total. The van der Waals surface area contributed by atoms with E-state index in [0.29, 0.717) is 43.1 Å². The van der Waals surface area contributed by atoms with Gasteiger partial charge in [-0.05, 0) is 87.4 Å². The van der Waals surface area contributed by atoms with Gasteiger partial charge in [-0.25, -0.2) is 0 Å². The molecule has 4 aliphatic carbocycles. The van der Waals surface area contributed by atoms with Gasteiger partial charge in [0, 0.05) is 17.8 Å². The molecular weight excluding hydrogens is 800 g/mol. The summed E-state index contributed by atoms with van der Waals surface area (Å²) in [5.74, 6) is 0.693. The molecule has 0 amide bonds. The van der Waals surface area contributed by atoms with Crippen LogP contribution < -0.4 is 0 Å². The molecule has 17 nitrogen and oxygen atoms in total. The zero-order valence-electron chi connectivity index (χ0n) is 36.0. The molecule has 0 radical (unpaired) electrons. The van der Waals surface area contributed by atoms with Crippen molar-refractivity contribution >= 4 is 0 Å². The van der Waals surface area contributed by atoms with Crippen LogP contribution in [0.5, 0.6) is 0 Å². The van der Waals surface area contributed by atoms with Crippen LogP contribution in [0.3, 0.4) is 0 Å². The van der Waals surface area contributed by atoms with Gasteiger partial charge in [-0.1, -0.05) is 39.3 Å². The number of ether oxygens (including phenoxy) is 8. The second-order valence-electron chi connectivity index (χ2n) is 20.7. The maximum Gasteiger partial charge on any atom is 0.187 e. The van der Waals surface area contributed by atoms with Crippen molar-refractivity contribution in [2.45, 2.75) is 202 Å². The lowest BCUT2D eigenvalue weighted by Gasteiger charge is -2.60. The molecule has 4 unspecified atom stereocenters. The summed E-state index contributed by atoms with van der Waals surface area (Å²) in [5, 5.41) is 97.6. The van der Waals surface area contributed by atoms with E-state index in [-0.39, 0.29) is 22.9 Å². The number of aliphatic hydroxyl groups excluding tert-OH is 8. The third-order valence-electron chi connectivity index (χ3n) is 17.6. The normalized spacial score (nSPS) is 58.2. The van der Waals surface area contributed by atoms with Gasteiger partial charge in [0.15, 0.2) is 24.7 Å². The van der Waals surface area contributed by atoms with Gasteiger partial charge in [0.1, 0.15) is 66.6 Å². The minimum absolute atomic E-state index is 0.109. The molecule has 9 aliphatic rings. The average molecular weight is 871 g/mol. The van der Waals surface area contributed by atoms with Crippen LogP contribution in [0.4, 0.5) is 0 Å². The zero-order chi connectivity index (χ0) is 43.6. The Kier molecular flexibility index (Phi) is 12.2. The number of hydrogen-bond acceptors (Lipinski definition) is 17. The Labute approximate surface area is 357 Å². The van der Waals surface area contributed by atoms with E-state index in [1.165, 1.54) is 12.5 Å². The van der Waals surface area contributed by atoms with Crippen molar-refractivity contribution in [3.8, 4) is 0 Å². The summed E-state index contributed by atoms with van der Waals surface area (Å²) >= 11 is 0. The molecule has 0 aromatic heterocycles. The summed E-state index contributed by atoms with van der Waals surface area (Å²) in [4.78, 5) is 0. The van der Waals surface area contributed by atoms with Gasteiger partial charge in [-0.2, -0.15) is 0 Å². The number of allylic oxidation sites excluding steroid dienone is 1. The topological polar surface area (TPSA) is 256 Å². The first-order chi connectivity index (χ1) is 28.9. The molecule has 9 rings (SSSR count). The fourth-order valence-corrected chi connectivity index (χ4v) is 13.8. The summed E-state index contributed by atoms with van der Waals surface area (Å²) in [6.07, 6.45) is -11.0.